The molecule has 0 radical (unpaired) electrons. The quantitative estimate of drug-likeness (QED) is 0.785. The number of nitrogens with two attached hydrogens (primary N) is 1. The third-order valence-corrected chi connectivity index (χ3v) is 2.17. The SMILES string of the molecule is Nc1ccc(Cl)cc1C(=O)Nc1ccon1. The van der Waals surface area contributed by atoms with Crippen molar-refractivity contribution in [1.29, 1.82) is 0 Å². The van der Waals surface area contributed by atoms with Crippen molar-refractivity contribution >= 4 is 29.0 Å². The minimum Gasteiger partial charge on any atom is -0.398 e. The zero-order valence-electron chi connectivity index (χ0n) is 8.11. The molecule has 2 rings (SSSR count). The molecule has 0 aliphatic carbocycles. The average molecular weight is 238 g/mol. The first-order valence-electron chi connectivity index (χ1n) is 4.43. The van der Waals surface area contributed by atoms with Gasteiger partial charge >= 0.3 is 0 Å². The Morgan fingerprint density at radius 3 is 2.94 bits per heavy atom. The first-order valence-corrected chi connectivity index (χ1v) is 4.81. The maximum absolute atomic E-state index is 11.8. The number of benzene rings is 1. The van der Waals surface area contributed by atoms with Crippen molar-refractivity contribution in [3.63, 3.8) is 0 Å². The van der Waals surface area contributed by atoms with E-state index in [9.17, 15) is 4.79 Å². The lowest BCUT2D eigenvalue weighted by Gasteiger charge is -2.05. The van der Waals surface area contributed by atoms with E-state index in [0.717, 1.165) is 0 Å². The Hall–Kier alpha value is -2.01. The molecule has 0 atom stereocenters. The summed E-state index contributed by atoms with van der Waals surface area (Å²) in [5, 5.41) is 6.52. The molecule has 5 nitrogen and oxygen atoms in total. The molecule has 0 spiro atoms. The van der Waals surface area contributed by atoms with E-state index in [1.165, 1.54) is 18.4 Å². The molecule has 0 bridgehead atoms. The van der Waals surface area contributed by atoms with E-state index < -0.39 is 0 Å². The molecule has 0 fully saturated rings. The number of nitrogens with zero attached hydrogens (tertiary/aromatic N) is 1. The molecule has 0 saturated heterocycles. The highest BCUT2D eigenvalue weighted by Crippen LogP contribution is 2.18. The Kier molecular flexibility index (Phi) is 2.78. The molecule has 16 heavy (non-hydrogen) atoms. The molecule has 82 valence electrons. The lowest BCUT2D eigenvalue weighted by Crippen LogP contribution is -2.14. The molecule has 1 aromatic carbocycles. The first kappa shape index (κ1) is 10.5. The summed E-state index contributed by atoms with van der Waals surface area (Å²) in [6, 6.07) is 6.20. The van der Waals surface area contributed by atoms with Crippen LogP contribution in [0.25, 0.3) is 0 Å². The maximum atomic E-state index is 11.8. The van der Waals surface area contributed by atoms with Crippen molar-refractivity contribution < 1.29 is 9.32 Å². The van der Waals surface area contributed by atoms with Gasteiger partial charge in [-0.3, -0.25) is 4.79 Å². The summed E-state index contributed by atoms with van der Waals surface area (Å²) < 4.78 is 4.58. The zero-order chi connectivity index (χ0) is 11.5. The number of amides is 1. The van der Waals surface area contributed by atoms with Crippen LogP contribution in [0.4, 0.5) is 11.5 Å². The van der Waals surface area contributed by atoms with Gasteiger partial charge in [-0.05, 0) is 18.2 Å². The van der Waals surface area contributed by atoms with E-state index in [1.807, 2.05) is 0 Å². The maximum Gasteiger partial charge on any atom is 0.259 e. The van der Waals surface area contributed by atoms with Gasteiger partial charge in [0.1, 0.15) is 6.26 Å². The summed E-state index contributed by atoms with van der Waals surface area (Å²) in [5.74, 6) is -0.0572. The van der Waals surface area contributed by atoms with Crippen molar-refractivity contribution in [2.75, 3.05) is 11.1 Å². The molecular weight excluding hydrogens is 230 g/mol. The summed E-state index contributed by atoms with van der Waals surface area (Å²) in [6.45, 7) is 0. The van der Waals surface area contributed by atoms with Gasteiger partial charge in [0, 0.05) is 16.8 Å². The third kappa shape index (κ3) is 2.14. The van der Waals surface area contributed by atoms with Crippen molar-refractivity contribution in [2.24, 2.45) is 0 Å². The smallest absolute Gasteiger partial charge is 0.259 e. The monoisotopic (exact) mass is 237 g/mol. The lowest BCUT2D eigenvalue weighted by molar-refractivity contribution is 0.102. The van der Waals surface area contributed by atoms with E-state index in [2.05, 4.69) is 15.0 Å². The predicted molar refractivity (Wildman–Crippen MR) is 60.3 cm³/mol. The molecule has 1 amide bonds. The lowest BCUT2D eigenvalue weighted by atomic mass is 10.1. The van der Waals surface area contributed by atoms with Crippen molar-refractivity contribution in [3.8, 4) is 0 Å². The number of hydrogen-bond acceptors (Lipinski definition) is 4. The predicted octanol–water partition coefficient (Wildman–Crippen LogP) is 2.16. The second-order valence-electron chi connectivity index (χ2n) is 3.07. The van der Waals surface area contributed by atoms with E-state index in [4.69, 9.17) is 17.3 Å². The van der Waals surface area contributed by atoms with Crippen molar-refractivity contribution in [1.82, 2.24) is 5.16 Å². The molecule has 2 aromatic rings. The minimum atomic E-state index is -0.381. The Balaban J connectivity index is 2.24. The third-order valence-electron chi connectivity index (χ3n) is 1.94. The first-order chi connectivity index (χ1) is 7.66. The number of nitrogen functional groups attached to an aromatic ring is 1. The number of aromatic nitrogens is 1. The van der Waals surface area contributed by atoms with Crippen LogP contribution in [0.3, 0.4) is 0 Å². The summed E-state index contributed by atoms with van der Waals surface area (Å²) in [5.41, 5.74) is 6.31. The van der Waals surface area contributed by atoms with Gasteiger partial charge in [0.25, 0.3) is 5.91 Å². The zero-order valence-corrected chi connectivity index (χ0v) is 8.86. The fraction of sp³-hybridized carbons (Fsp3) is 0. The van der Waals surface area contributed by atoms with Crippen LogP contribution in [0.5, 0.6) is 0 Å². The van der Waals surface area contributed by atoms with Gasteiger partial charge < -0.3 is 15.6 Å². The molecule has 1 heterocycles. The van der Waals surface area contributed by atoms with Gasteiger partial charge in [0.2, 0.25) is 0 Å². The van der Waals surface area contributed by atoms with Crippen molar-refractivity contribution in [2.45, 2.75) is 0 Å². The molecule has 1 aromatic heterocycles. The van der Waals surface area contributed by atoms with Crippen LogP contribution in [0.15, 0.2) is 35.1 Å². The molecule has 3 N–H and O–H groups in total. The van der Waals surface area contributed by atoms with Crippen LogP contribution in [0.2, 0.25) is 5.02 Å². The molecule has 0 saturated carbocycles. The van der Waals surface area contributed by atoms with Crippen LogP contribution in [-0.2, 0) is 0 Å². The Morgan fingerprint density at radius 2 is 2.25 bits per heavy atom. The van der Waals surface area contributed by atoms with Gasteiger partial charge in [0.05, 0.1) is 5.56 Å². The second-order valence-corrected chi connectivity index (χ2v) is 3.51. The largest absolute Gasteiger partial charge is 0.398 e. The van der Waals surface area contributed by atoms with Crippen molar-refractivity contribution in [3.05, 3.63) is 41.1 Å². The van der Waals surface area contributed by atoms with Gasteiger partial charge in [-0.15, -0.1) is 0 Å². The number of hydrogen-bond donors (Lipinski definition) is 2. The highest BCUT2D eigenvalue weighted by atomic mass is 35.5. The Labute approximate surface area is 96.2 Å². The topological polar surface area (TPSA) is 81.2 Å². The minimum absolute atomic E-state index is 0.301. The molecule has 0 aliphatic heterocycles. The Morgan fingerprint density at radius 1 is 1.44 bits per heavy atom. The molecule has 6 heteroatoms. The normalized spacial score (nSPS) is 10.1. The number of halogens is 1. The molecule has 0 unspecified atom stereocenters. The van der Waals surface area contributed by atoms with Crippen LogP contribution in [-0.4, -0.2) is 11.1 Å². The highest BCUT2D eigenvalue weighted by Gasteiger charge is 2.11. The van der Waals surface area contributed by atoms with Gasteiger partial charge in [-0.2, -0.15) is 0 Å². The van der Waals surface area contributed by atoms with Gasteiger partial charge in [-0.25, -0.2) is 0 Å². The van der Waals surface area contributed by atoms with Gasteiger partial charge in [0.15, 0.2) is 5.82 Å². The van der Waals surface area contributed by atoms with Crippen LogP contribution in [0, 0.1) is 0 Å². The second kappa shape index (κ2) is 4.24. The summed E-state index contributed by atoms with van der Waals surface area (Å²) in [4.78, 5) is 11.8. The van der Waals surface area contributed by atoms with E-state index in [1.54, 1.807) is 12.1 Å². The standard InChI is InChI=1S/C10H8ClN3O2/c11-6-1-2-8(12)7(5-6)10(15)13-9-3-4-16-14-9/h1-5H,12H2,(H,13,14,15). The number of nitrogens with one attached hydrogen (secondary N) is 1. The number of rotatable bonds is 2. The fourth-order valence-electron chi connectivity index (χ4n) is 1.19. The fourth-order valence-corrected chi connectivity index (χ4v) is 1.36. The Bertz CT molecular complexity index is 511. The summed E-state index contributed by atoms with van der Waals surface area (Å²) >= 11 is 5.77. The average Bonchev–Trinajstić information content (AvgIpc) is 2.74. The molecular formula is C10H8ClN3O2. The van der Waals surface area contributed by atoms with E-state index in [0.29, 0.717) is 22.1 Å². The van der Waals surface area contributed by atoms with Gasteiger partial charge in [-0.1, -0.05) is 16.8 Å². The van der Waals surface area contributed by atoms with E-state index in [-0.39, 0.29) is 5.91 Å². The number of carbonyl (C=O) groups excluding carboxylic acids is 1. The van der Waals surface area contributed by atoms with Crippen LogP contribution in [0.1, 0.15) is 10.4 Å². The van der Waals surface area contributed by atoms with Crippen LogP contribution < -0.4 is 11.1 Å². The van der Waals surface area contributed by atoms with Crippen LogP contribution >= 0.6 is 11.6 Å². The van der Waals surface area contributed by atoms with E-state index >= 15 is 0 Å². The molecule has 0 aliphatic rings. The number of carbonyl (C=O) groups is 1. The summed E-state index contributed by atoms with van der Waals surface area (Å²) in [7, 11) is 0. The summed E-state index contributed by atoms with van der Waals surface area (Å²) in [6.07, 6.45) is 1.36. The number of anilines is 2. The highest BCUT2D eigenvalue weighted by molar-refractivity contribution is 6.31.